The van der Waals surface area contributed by atoms with Gasteiger partial charge in [-0.1, -0.05) is 13.3 Å². The van der Waals surface area contributed by atoms with E-state index >= 15 is 0 Å². The lowest BCUT2D eigenvalue weighted by atomic mass is 9.83. The summed E-state index contributed by atoms with van der Waals surface area (Å²) in [6.07, 6.45) is 7.25. The van der Waals surface area contributed by atoms with Crippen molar-refractivity contribution >= 4 is 11.9 Å². The fourth-order valence-electron chi connectivity index (χ4n) is 6.01. The molecule has 0 aliphatic carbocycles. The molecule has 2 aliphatic heterocycles. The van der Waals surface area contributed by atoms with Crippen LogP contribution < -0.4 is 14.2 Å². The van der Waals surface area contributed by atoms with Gasteiger partial charge in [0.1, 0.15) is 5.82 Å². The number of carbonyl (C=O) groups is 2. The summed E-state index contributed by atoms with van der Waals surface area (Å²) < 4.78 is 17.6. The highest BCUT2D eigenvalue weighted by atomic mass is 16.7. The maximum atomic E-state index is 13.8. The molecule has 1 aromatic carbocycles. The molecule has 230 valence electrons. The minimum Gasteiger partial charge on any atom is -0.493 e. The summed E-state index contributed by atoms with van der Waals surface area (Å²) in [7, 11) is 8.02. The molecular weight excluding hydrogens is 538 g/mol. The lowest BCUT2D eigenvalue weighted by Gasteiger charge is -2.30. The maximum absolute atomic E-state index is 13.8. The number of fused-ring (bicyclic) bond motifs is 1. The molecule has 1 saturated heterocycles. The standard InChI is InChI=1S/C31H45N5O6/c1-6-7-14-34(15-9-16-36(2,3)4)28(37)20-35-19-23(22-17-25(40-5)30-26(18-22)41-21-42-30)29(31(38)39)24(35)10-11-27-32-12-8-13-33-27/h8,12-13,17-18,23-24,29H,6-7,9-11,14-16,19-21H2,1-5H3/p+1/t23-,24+,29-/m1/s1. The molecule has 1 amide bonds. The van der Waals surface area contributed by atoms with E-state index in [0.717, 1.165) is 35.9 Å². The van der Waals surface area contributed by atoms with Crippen LogP contribution in [-0.4, -0.2) is 115 Å². The molecule has 4 rings (SSSR count). The van der Waals surface area contributed by atoms with Crippen molar-refractivity contribution in [2.24, 2.45) is 5.92 Å². The molecule has 1 N–H and O–H groups in total. The molecule has 42 heavy (non-hydrogen) atoms. The number of nitrogens with zero attached hydrogens (tertiary/aromatic N) is 5. The van der Waals surface area contributed by atoms with Gasteiger partial charge in [0.05, 0.1) is 47.3 Å². The Morgan fingerprint density at radius 1 is 1.14 bits per heavy atom. The van der Waals surface area contributed by atoms with Crippen molar-refractivity contribution in [1.82, 2.24) is 19.8 Å². The predicted octanol–water partition coefficient (Wildman–Crippen LogP) is 3.04. The van der Waals surface area contributed by atoms with Crippen molar-refractivity contribution in [2.75, 3.05) is 67.8 Å². The van der Waals surface area contributed by atoms with Gasteiger partial charge in [-0.15, -0.1) is 0 Å². The molecule has 0 unspecified atom stereocenters. The van der Waals surface area contributed by atoms with E-state index < -0.39 is 11.9 Å². The summed E-state index contributed by atoms with van der Waals surface area (Å²) in [5.41, 5.74) is 0.796. The van der Waals surface area contributed by atoms with Gasteiger partial charge in [-0.2, -0.15) is 0 Å². The molecule has 0 bridgehead atoms. The van der Waals surface area contributed by atoms with E-state index in [1.807, 2.05) is 17.0 Å². The van der Waals surface area contributed by atoms with Crippen molar-refractivity contribution in [3.8, 4) is 17.2 Å². The number of amides is 1. The number of carbonyl (C=O) groups excluding carboxylic acids is 1. The lowest BCUT2D eigenvalue weighted by Crippen LogP contribution is -2.45. The molecule has 1 aromatic heterocycles. The van der Waals surface area contributed by atoms with E-state index in [1.54, 1.807) is 25.6 Å². The van der Waals surface area contributed by atoms with Crippen LogP contribution in [0.25, 0.3) is 0 Å². The molecule has 2 aliphatic rings. The van der Waals surface area contributed by atoms with Crippen LogP contribution in [0.1, 0.15) is 49.9 Å². The smallest absolute Gasteiger partial charge is 0.308 e. The summed E-state index contributed by atoms with van der Waals surface area (Å²) in [6, 6.07) is 5.08. The monoisotopic (exact) mass is 584 g/mol. The molecule has 0 spiro atoms. The van der Waals surface area contributed by atoms with E-state index in [2.05, 4.69) is 42.9 Å². The SMILES string of the molecule is CCCCN(CCC[N+](C)(C)C)C(=O)CN1C[C@H](c2cc(OC)c3c(c2)OCO3)[C@@H](C(=O)O)[C@@H]1CCc1ncccn1. The Labute approximate surface area is 249 Å². The third-order valence-electron chi connectivity index (χ3n) is 8.15. The highest BCUT2D eigenvalue weighted by Crippen LogP contribution is 2.47. The zero-order valence-electron chi connectivity index (χ0n) is 25.6. The molecule has 3 atom stereocenters. The fourth-order valence-corrected chi connectivity index (χ4v) is 6.01. The fraction of sp³-hybridized carbons (Fsp3) is 0.613. The first-order valence-corrected chi connectivity index (χ1v) is 14.9. The molecule has 3 heterocycles. The summed E-state index contributed by atoms with van der Waals surface area (Å²) in [5.74, 6) is 0.269. The number of methoxy groups -OCH3 is 1. The number of hydrogen-bond donors (Lipinski definition) is 1. The number of hydrogen-bond acceptors (Lipinski definition) is 8. The molecule has 11 heteroatoms. The number of benzene rings is 1. The van der Waals surface area contributed by atoms with E-state index in [9.17, 15) is 14.7 Å². The number of ether oxygens (including phenoxy) is 3. The highest BCUT2D eigenvalue weighted by Gasteiger charge is 2.47. The van der Waals surface area contributed by atoms with Gasteiger partial charge in [0, 0.05) is 56.8 Å². The molecule has 11 nitrogen and oxygen atoms in total. The Bertz CT molecular complexity index is 1200. The summed E-state index contributed by atoms with van der Waals surface area (Å²) in [6.45, 7) is 5.16. The molecule has 0 saturated carbocycles. The maximum Gasteiger partial charge on any atom is 0.308 e. The number of rotatable bonds is 15. The van der Waals surface area contributed by atoms with Crippen LogP contribution in [0.3, 0.4) is 0 Å². The van der Waals surface area contributed by atoms with Crippen molar-refractivity contribution in [3.05, 3.63) is 42.0 Å². The Morgan fingerprint density at radius 3 is 2.55 bits per heavy atom. The zero-order chi connectivity index (χ0) is 30.3. The second-order valence-corrected chi connectivity index (χ2v) is 12.2. The first-order valence-electron chi connectivity index (χ1n) is 14.9. The Morgan fingerprint density at radius 2 is 1.88 bits per heavy atom. The number of aryl methyl sites for hydroxylation is 1. The van der Waals surface area contributed by atoms with Gasteiger partial charge in [0.2, 0.25) is 18.4 Å². The normalized spacial score (nSPS) is 20.1. The van der Waals surface area contributed by atoms with E-state index in [4.69, 9.17) is 14.2 Å². The second kappa shape index (κ2) is 14.2. The Hall–Kier alpha value is -3.44. The minimum absolute atomic E-state index is 0.0406. The lowest BCUT2D eigenvalue weighted by molar-refractivity contribution is -0.870. The first-order chi connectivity index (χ1) is 20.1. The van der Waals surface area contributed by atoms with E-state index in [0.29, 0.717) is 55.5 Å². The predicted molar refractivity (Wildman–Crippen MR) is 158 cm³/mol. The van der Waals surface area contributed by atoms with Gasteiger partial charge < -0.3 is 28.7 Å². The van der Waals surface area contributed by atoms with Crippen molar-refractivity contribution in [2.45, 2.75) is 51.0 Å². The first kappa shape index (κ1) is 31.5. The van der Waals surface area contributed by atoms with E-state index in [-0.39, 0.29) is 31.2 Å². The second-order valence-electron chi connectivity index (χ2n) is 12.2. The highest BCUT2D eigenvalue weighted by molar-refractivity contribution is 5.79. The third-order valence-corrected chi connectivity index (χ3v) is 8.15. The van der Waals surface area contributed by atoms with Gasteiger partial charge in [-0.25, -0.2) is 9.97 Å². The van der Waals surface area contributed by atoms with Crippen molar-refractivity contribution in [1.29, 1.82) is 0 Å². The van der Waals surface area contributed by atoms with Gasteiger partial charge in [0.15, 0.2) is 11.5 Å². The zero-order valence-corrected chi connectivity index (χ0v) is 25.6. The average molecular weight is 585 g/mol. The van der Waals surface area contributed by atoms with Gasteiger partial charge in [0.25, 0.3) is 0 Å². The molecular formula is C31H46N5O6+. The molecule has 1 fully saturated rings. The van der Waals surface area contributed by atoms with Crippen LogP contribution in [0.4, 0.5) is 0 Å². The van der Waals surface area contributed by atoms with Gasteiger partial charge in [-0.3, -0.25) is 14.5 Å². The average Bonchev–Trinajstić information content (AvgIpc) is 3.58. The van der Waals surface area contributed by atoms with Crippen molar-refractivity contribution < 1.29 is 33.4 Å². The number of likely N-dealkylation sites (tertiary alicyclic amines) is 1. The van der Waals surface area contributed by atoms with Crippen LogP contribution in [0.2, 0.25) is 0 Å². The largest absolute Gasteiger partial charge is 0.493 e. The summed E-state index contributed by atoms with van der Waals surface area (Å²) in [4.78, 5) is 39.4. The summed E-state index contributed by atoms with van der Waals surface area (Å²) in [5, 5.41) is 10.6. The Balaban J connectivity index is 1.61. The third kappa shape index (κ3) is 7.89. The quantitative estimate of drug-likeness (QED) is 0.316. The van der Waals surface area contributed by atoms with Crippen LogP contribution in [0, 0.1) is 5.92 Å². The molecule has 2 aromatic rings. The number of quaternary nitrogens is 1. The number of unbranched alkanes of at least 4 members (excludes halogenated alkanes) is 1. The van der Waals surface area contributed by atoms with Crippen LogP contribution in [0.5, 0.6) is 17.2 Å². The molecule has 0 radical (unpaired) electrons. The van der Waals surface area contributed by atoms with Gasteiger partial charge >= 0.3 is 5.97 Å². The van der Waals surface area contributed by atoms with Crippen LogP contribution in [0.15, 0.2) is 30.6 Å². The number of aromatic nitrogens is 2. The number of carboxylic acids is 1. The topological polar surface area (TPSA) is 114 Å². The van der Waals surface area contributed by atoms with Gasteiger partial charge in [-0.05, 0) is 36.6 Å². The van der Waals surface area contributed by atoms with Crippen LogP contribution >= 0.6 is 0 Å². The van der Waals surface area contributed by atoms with Crippen molar-refractivity contribution in [3.63, 3.8) is 0 Å². The minimum atomic E-state index is -0.892. The summed E-state index contributed by atoms with van der Waals surface area (Å²) >= 11 is 0. The Kier molecular flexibility index (Phi) is 10.6. The van der Waals surface area contributed by atoms with E-state index in [1.165, 1.54) is 0 Å². The number of aliphatic carboxylic acids is 1. The van der Waals surface area contributed by atoms with Crippen LogP contribution in [-0.2, 0) is 16.0 Å². The number of carboxylic acid groups (broad SMARTS) is 1.